The number of hydrogen-bond acceptors (Lipinski definition) is 3. The summed E-state index contributed by atoms with van der Waals surface area (Å²) < 4.78 is 1.97. The Kier molecular flexibility index (Phi) is 3.86. The molecule has 122 valence electrons. The fraction of sp³-hybridized carbons (Fsp3) is 0.278. The van der Waals surface area contributed by atoms with Gasteiger partial charge in [0.15, 0.2) is 11.5 Å². The summed E-state index contributed by atoms with van der Waals surface area (Å²) in [7, 11) is 0. The Morgan fingerprint density at radius 1 is 1.12 bits per heavy atom. The molecule has 6 heteroatoms. The molecular formula is C18H19N5O. The van der Waals surface area contributed by atoms with Gasteiger partial charge in [0.2, 0.25) is 0 Å². The molecule has 0 spiro atoms. The van der Waals surface area contributed by atoms with Crippen molar-refractivity contribution in [2.24, 2.45) is 0 Å². The normalized spacial score (nSPS) is 17.3. The van der Waals surface area contributed by atoms with Crippen LogP contribution in [0.1, 0.15) is 30.3 Å². The molecule has 1 fully saturated rings. The summed E-state index contributed by atoms with van der Waals surface area (Å²) in [6.07, 6.45) is 3.84. The zero-order valence-corrected chi connectivity index (χ0v) is 13.3. The Bertz CT molecular complexity index is 845. The van der Waals surface area contributed by atoms with Gasteiger partial charge in [-0.3, -0.25) is 4.40 Å². The number of urea groups is 1. The van der Waals surface area contributed by atoms with Crippen molar-refractivity contribution in [2.45, 2.75) is 25.4 Å². The Balaban J connectivity index is 1.51. The Morgan fingerprint density at radius 2 is 1.96 bits per heavy atom. The molecule has 1 aliphatic rings. The predicted octanol–water partition coefficient (Wildman–Crippen LogP) is 2.78. The summed E-state index contributed by atoms with van der Waals surface area (Å²) in [5.74, 6) is 0.831. The van der Waals surface area contributed by atoms with Gasteiger partial charge in [-0.05, 0) is 30.5 Å². The molecule has 0 radical (unpaired) electrons. The number of carbonyl (C=O) groups excluding carboxylic acids is 1. The highest BCUT2D eigenvalue weighted by atomic mass is 16.2. The predicted molar refractivity (Wildman–Crippen MR) is 90.3 cm³/mol. The van der Waals surface area contributed by atoms with E-state index >= 15 is 0 Å². The number of hydrogen-bond donors (Lipinski definition) is 1. The van der Waals surface area contributed by atoms with Gasteiger partial charge in [-0.25, -0.2) is 4.79 Å². The lowest BCUT2D eigenvalue weighted by Gasteiger charge is -2.23. The number of nitrogens with one attached hydrogen (secondary N) is 1. The third-order valence-electron chi connectivity index (χ3n) is 4.44. The van der Waals surface area contributed by atoms with Crippen molar-refractivity contribution >= 4 is 11.7 Å². The lowest BCUT2D eigenvalue weighted by atomic mass is 10.2. The molecule has 6 nitrogen and oxygen atoms in total. The van der Waals surface area contributed by atoms with Crippen molar-refractivity contribution in [3.05, 3.63) is 66.1 Å². The minimum Gasteiger partial charge on any atom is -0.334 e. The van der Waals surface area contributed by atoms with E-state index in [1.807, 2.05) is 64.0 Å². The zero-order valence-electron chi connectivity index (χ0n) is 13.3. The summed E-state index contributed by atoms with van der Waals surface area (Å²) in [6.45, 7) is 1.27. The highest BCUT2D eigenvalue weighted by Gasteiger charge is 2.33. The van der Waals surface area contributed by atoms with Crippen LogP contribution in [0.2, 0.25) is 0 Å². The number of aromatic nitrogens is 3. The maximum Gasteiger partial charge on any atom is 0.318 e. The second-order valence-corrected chi connectivity index (χ2v) is 5.98. The Labute approximate surface area is 140 Å². The third kappa shape index (κ3) is 2.71. The summed E-state index contributed by atoms with van der Waals surface area (Å²) in [5.41, 5.74) is 1.90. The van der Waals surface area contributed by atoms with E-state index in [0.717, 1.165) is 36.4 Å². The molecule has 1 aromatic carbocycles. The van der Waals surface area contributed by atoms with Crippen LogP contribution in [-0.4, -0.2) is 32.1 Å². The fourth-order valence-corrected chi connectivity index (χ4v) is 3.24. The van der Waals surface area contributed by atoms with E-state index in [0.29, 0.717) is 6.54 Å². The minimum absolute atomic E-state index is 0.0295. The van der Waals surface area contributed by atoms with E-state index in [4.69, 9.17) is 0 Å². The second kappa shape index (κ2) is 6.31. The standard InChI is InChI=1S/C18H19N5O/c24-18(19-13-14-7-2-1-3-8-14)22-12-6-9-15(22)17-21-20-16-10-4-5-11-23(16)17/h1-5,7-8,10-11,15H,6,9,12-13H2,(H,19,24). The van der Waals surface area contributed by atoms with Gasteiger partial charge in [0, 0.05) is 19.3 Å². The van der Waals surface area contributed by atoms with E-state index in [1.54, 1.807) is 0 Å². The quantitative estimate of drug-likeness (QED) is 0.807. The van der Waals surface area contributed by atoms with Gasteiger partial charge in [0.05, 0.1) is 6.04 Å². The van der Waals surface area contributed by atoms with Crippen LogP contribution in [0.3, 0.4) is 0 Å². The monoisotopic (exact) mass is 321 g/mol. The van der Waals surface area contributed by atoms with Gasteiger partial charge in [0.25, 0.3) is 0 Å². The first-order valence-corrected chi connectivity index (χ1v) is 8.21. The smallest absolute Gasteiger partial charge is 0.318 e. The number of benzene rings is 1. The molecule has 24 heavy (non-hydrogen) atoms. The number of carbonyl (C=O) groups is 1. The number of nitrogens with zero attached hydrogens (tertiary/aromatic N) is 4. The van der Waals surface area contributed by atoms with Crippen LogP contribution in [-0.2, 0) is 6.54 Å². The molecule has 3 heterocycles. The third-order valence-corrected chi connectivity index (χ3v) is 4.44. The van der Waals surface area contributed by atoms with Gasteiger partial charge in [-0.2, -0.15) is 0 Å². The lowest BCUT2D eigenvalue weighted by molar-refractivity contribution is 0.190. The SMILES string of the molecule is O=C(NCc1ccccc1)N1CCCC1c1nnc2ccccn12. The maximum absolute atomic E-state index is 12.6. The van der Waals surface area contributed by atoms with Crippen molar-refractivity contribution in [3.63, 3.8) is 0 Å². The molecule has 2 amide bonds. The number of pyridine rings is 1. The first-order valence-electron chi connectivity index (χ1n) is 8.21. The van der Waals surface area contributed by atoms with E-state index in [2.05, 4.69) is 15.5 Å². The Morgan fingerprint density at radius 3 is 2.83 bits per heavy atom. The maximum atomic E-state index is 12.6. The van der Waals surface area contributed by atoms with Crippen molar-refractivity contribution in [1.82, 2.24) is 24.8 Å². The largest absolute Gasteiger partial charge is 0.334 e. The molecule has 0 aliphatic carbocycles. The first-order chi connectivity index (χ1) is 11.8. The van der Waals surface area contributed by atoms with Crippen LogP contribution in [0.15, 0.2) is 54.7 Å². The number of likely N-dealkylation sites (tertiary alicyclic amines) is 1. The molecule has 4 rings (SSSR count). The van der Waals surface area contributed by atoms with E-state index < -0.39 is 0 Å². The van der Waals surface area contributed by atoms with Crippen LogP contribution in [0, 0.1) is 0 Å². The van der Waals surface area contributed by atoms with E-state index in [1.165, 1.54) is 0 Å². The molecule has 3 aromatic rings. The molecule has 1 atom stereocenters. The molecule has 1 unspecified atom stereocenters. The molecule has 0 saturated carbocycles. The second-order valence-electron chi connectivity index (χ2n) is 5.98. The average Bonchev–Trinajstić information content (AvgIpc) is 3.27. The lowest BCUT2D eigenvalue weighted by Crippen LogP contribution is -2.39. The summed E-state index contributed by atoms with van der Waals surface area (Å²) in [6, 6.07) is 15.7. The van der Waals surface area contributed by atoms with Crippen LogP contribution in [0.25, 0.3) is 5.65 Å². The van der Waals surface area contributed by atoms with Crippen LogP contribution in [0.5, 0.6) is 0 Å². The minimum atomic E-state index is -0.0472. The zero-order chi connectivity index (χ0) is 16.4. The molecule has 1 aliphatic heterocycles. The highest BCUT2D eigenvalue weighted by molar-refractivity contribution is 5.75. The van der Waals surface area contributed by atoms with Crippen molar-refractivity contribution in [3.8, 4) is 0 Å². The Hall–Kier alpha value is -2.89. The molecule has 0 bridgehead atoms. The van der Waals surface area contributed by atoms with Crippen molar-refractivity contribution in [1.29, 1.82) is 0 Å². The van der Waals surface area contributed by atoms with E-state index in [-0.39, 0.29) is 12.1 Å². The summed E-state index contributed by atoms with van der Waals surface area (Å²) in [5, 5.41) is 11.5. The van der Waals surface area contributed by atoms with Crippen LogP contribution in [0.4, 0.5) is 4.79 Å². The summed E-state index contributed by atoms with van der Waals surface area (Å²) >= 11 is 0. The van der Waals surface area contributed by atoms with Gasteiger partial charge in [-0.15, -0.1) is 10.2 Å². The highest BCUT2D eigenvalue weighted by Crippen LogP contribution is 2.30. The number of rotatable bonds is 3. The molecule has 1 N–H and O–H groups in total. The van der Waals surface area contributed by atoms with Gasteiger partial charge in [0.1, 0.15) is 0 Å². The van der Waals surface area contributed by atoms with Crippen molar-refractivity contribution in [2.75, 3.05) is 6.54 Å². The summed E-state index contributed by atoms with van der Waals surface area (Å²) in [4.78, 5) is 14.5. The first kappa shape index (κ1) is 14.7. The van der Waals surface area contributed by atoms with Gasteiger partial charge in [-0.1, -0.05) is 36.4 Å². The van der Waals surface area contributed by atoms with Gasteiger partial charge >= 0.3 is 6.03 Å². The topological polar surface area (TPSA) is 62.5 Å². The number of fused-ring (bicyclic) bond motifs is 1. The molecular weight excluding hydrogens is 302 g/mol. The van der Waals surface area contributed by atoms with Crippen molar-refractivity contribution < 1.29 is 4.79 Å². The van der Waals surface area contributed by atoms with Crippen LogP contribution >= 0.6 is 0 Å². The number of amides is 2. The van der Waals surface area contributed by atoms with Gasteiger partial charge < -0.3 is 10.2 Å². The molecule has 1 saturated heterocycles. The van der Waals surface area contributed by atoms with Crippen LogP contribution < -0.4 is 5.32 Å². The van der Waals surface area contributed by atoms with E-state index in [9.17, 15) is 4.79 Å². The fourth-order valence-electron chi connectivity index (χ4n) is 3.24. The molecule has 2 aromatic heterocycles. The average molecular weight is 321 g/mol.